The molecule has 1 N–H and O–H groups in total. The maximum atomic E-state index is 5.62. The maximum absolute atomic E-state index is 5.62. The quantitative estimate of drug-likeness (QED) is 0.664. The molecule has 0 saturated carbocycles. The van der Waals surface area contributed by atoms with Crippen molar-refractivity contribution in [1.82, 2.24) is 5.32 Å². The molecule has 1 heterocycles. The highest BCUT2D eigenvalue weighted by molar-refractivity contribution is 4.99. The van der Waals surface area contributed by atoms with Gasteiger partial charge in [-0.3, -0.25) is 0 Å². The summed E-state index contributed by atoms with van der Waals surface area (Å²) in [5.74, 6) is 2.76. The number of terminal acetylenes is 1. The van der Waals surface area contributed by atoms with Crippen molar-refractivity contribution in [2.75, 3.05) is 13.2 Å². The highest BCUT2D eigenvalue weighted by Crippen LogP contribution is 2.16. The number of ether oxygens (including phenoxy) is 1. The molecule has 0 aromatic heterocycles. The topological polar surface area (TPSA) is 21.3 Å². The molecule has 0 bridgehead atoms. The normalized spacial score (nSPS) is 25.1. The first-order chi connectivity index (χ1) is 6.36. The average Bonchev–Trinajstić information content (AvgIpc) is 2.19. The van der Waals surface area contributed by atoms with Crippen molar-refractivity contribution in [1.29, 1.82) is 0 Å². The van der Waals surface area contributed by atoms with Crippen LogP contribution in [0, 0.1) is 12.3 Å². The Kier molecular flexibility index (Phi) is 4.88. The summed E-state index contributed by atoms with van der Waals surface area (Å²) in [6, 6.07) is 0.188. The Balaban J connectivity index is 2.24. The Labute approximate surface area is 81.0 Å². The van der Waals surface area contributed by atoms with E-state index in [-0.39, 0.29) is 6.04 Å². The Morgan fingerprint density at radius 1 is 1.62 bits per heavy atom. The fraction of sp³-hybridized carbons (Fsp3) is 0.818. The van der Waals surface area contributed by atoms with E-state index >= 15 is 0 Å². The molecule has 2 nitrogen and oxygen atoms in total. The van der Waals surface area contributed by atoms with Gasteiger partial charge < -0.3 is 10.1 Å². The summed E-state index contributed by atoms with van der Waals surface area (Å²) in [5.41, 5.74) is 0. The van der Waals surface area contributed by atoms with Crippen molar-refractivity contribution in [3.05, 3.63) is 0 Å². The Morgan fingerprint density at radius 3 is 3.00 bits per heavy atom. The summed E-state index contributed by atoms with van der Waals surface area (Å²) in [4.78, 5) is 0. The van der Waals surface area contributed by atoms with E-state index in [4.69, 9.17) is 11.2 Å². The second-order valence-corrected chi connectivity index (χ2v) is 3.50. The summed E-state index contributed by atoms with van der Waals surface area (Å²) in [6.07, 6.45) is 10.4. The van der Waals surface area contributed by atoms with Gasteiger partial charge in [0, 0.05) is 13.0 Å². The van der Waals surface area contributed by atoms with E-state index in [0.29, 0.717) is 6.10 Å². The zero-order valence-electron chi connectivity index (χ0n) is 8.38. The van der Waals surface area contributed by atoms with Gasteiger partial charge in [0.2, 0.25) is 0 Å². The number of hydrogen-bond acceptors (Lipinski definition) is 2. The maximum Gasteiger partial charge on any atom is 0.0711 e. The average molecular weight is 181 g/mol. The number of rotatable bonds is 4. The molecule has 2 atom stereocenters. The van der Waals surface area contributed by atoms with Gasteiger partial charge in [-0.25, -0.2) is 0 Å². The first kappa shape index (κ1) is 10.6. The SMILES string of the molecule is C#CC(CC1CCCCO1)NCC. The van der Waals surface area contributed by atoms with E-state index in [1.807, 2.05) is 0 Å². The van der Waals surface area contributed by atoms with Crippen molar-refractivity contribution in [3.8, 4) is 12.3 Å². The lowest BCUT2D eigenvalue weighted by atomic mass is 10.0. The summed E-state index contributed by atoms with van der Waals surface area (Å²) in [7, 11) is 0. The molecule has 1 rings (SSSR count). The smallest absolute Gasteiger partial charge is 0.0711 e. The van der Waals surface area contributed by atoms with Crippen molar-refractivity contribution in [2.24, 2.45) is 0 Å². The van der Waals surface area contributed by atoms with Gasteiger partial charge in [-0.2, -0.15) is 0 Å². The third-order valence-electron chi connectivity index (χ3n) is 2.42. The van der Waals surface area contributed by atoms with Crippen LogP contribution in [-0.2, 0) is 4.74 Å². The minimum Gasteiger partial charge on any atom is -0.378 e. The molecule has 13 heavy (non-hydrogen) atoms. The minimum absolute atomic E-state index is 0.188. The van der Waals surface area contributed by atoms with Crippen LogP contribution in [-0.4, -0.2) is 25.3 Å². The molecule has 2 unspecified atom stereocenters. The van der Waals surface area contributed by atoms with Gasteiger partial charge in [0.15, 0.2) is 0 Å². The molecule has 2 heteroatoms. The van der Waals surface area contributed by atoms with Crippen molar-refractivity contribution < 1.29 is 4.74 Å². The fourth-order valence-corrected chi connectivity index (χ4v) is 1.71. The standard InChI is InChI=1S/C11H19NO/c1-3-10(12-4-2)9-11-7-5-6-8-13-11/h1,10-12H,4-9H2,2H3. The van der Waals surface area contributed by atoms with Crippen LogP contribution in [0.3, 0.4) is 0 Å². The van der Waals surface area contributed by atoms with Gasteiger partial charge >= 0.3 is 0 Å². The van der Waals surface area contributed by atoms with Crippen molar-refractivity contribution in [2.45, 2.75) is 44.8 Å². The second kappa shape index (κ2) is 6.01. The van der Waals surface area contributed by atoms with Gasteiger partial charge in [-0.05, 0) is 25.8 Å². The fourth-order valence-electron chi connectivity index (χ4n) is 1.71. The van der Waals surface area contributed by atoms with Crippen molar-refractivity contribution in [3.63, 3.8) is 0 Å². The van der Waals surface area contributed by atoms with Crippen LogP contribution in [0.2, 0.25) is 0 Å². The highest BCUT2D eigenvalue weighted by atomic mass is 16.5. The predicted molar refractivity (Wildman–Crippen MR) is 54.5 cm³/mol. The van der Waals surface area contributed by atoms with Crippen LogP contribution >= 0.6 is 0 Å². The van der Waals surface area contributed by atoms with Gasteiger partial charge in [-0.1, -0.05) is 12.8 Å². The van der Waals surface area contributed by atoms with Gasteiger partial charge in [-0.15, -0.1) is 6.42 Å². The van der Waals surface area contributed by atoms with Crippen molar-refractivity contribution >= 4 is 0 Å². The van der Waals surface area contributed by atoms with Gasteiger partial charge in [0.1, 0.15) is 0 Å². The lowest BCUT2D eigenvalue weighted by Gasteiger charge is -2.25. The van der Waals surface area contributed by atoms with E-state index in [0.717, 1.165) is 19.6 Å². The summed E-state index contributed by atoms with van der Waals surface area (Å²) in [5, 5.41) is 3.26. The molecule has 0 aromatic rings. The summed E-state index contributed by atoms with van der Waals surface area (Å²) in [6.45, 7) is 3.92. The molecule has 0 radical (unpaired) electrons. The highest BCUT2D eigenvalue weighted by Gasteiger charge is 2.17. The van der Waals surface area contributed by atoms with E-state index in [9.17, 15) is 0 Å². The van der Waals surface area contributed by atoms with Crippen LogP contribution in [0.5, 0.6) is 0 Å². The zero-order chi connectivity index (χ0) is 9.52. The monoisotopic (exact) mass is 181 g/mol. The van der Waals surface area contributed by atoms with Crippen LogP contribution in [0.25, 0.3) is 0 Å². The van der Waals surface area contributed by atoms with Crippen LogP contribution in [0.4, 0.5) is 0 Å². The third-order valence-corrected chi connectivity index (χ3v) is 2.42. The van der Waals surface area contributed by atoms with Gasteiger partial charge in [0.05, 0.1) is 12.1 Å². The minimum atomic E-state index is 0.188. The summed E-state index contributed by atoms with van der Waals surface area (Å²) < 4.78 is 5.62. The molecular formula is C11H19NO. The molecular weight excluding hydrogens is 162 g/mol. The molecule has 0 amide bonds. The third kappa shape index (κ3) is 3.80. The first-order valence-electron chi connectivity index (χ1n) is 5.18. The lowest BCUT2D eigenvalue weighted by molar-refractivity contribution is 0.00843. The molecule has 0 aliphatic carbocycles. The number of hydrogen-bond donors (Lipinski definition) is 1. The largest absolute Gasteiger partial charge is 0.378 e. The second-order valence-electron chi connectivity index (χ2n) is 3.50. The van der Waals surface area contributed by atoms with E-state index in [1.165, 1.54) is 19.3 Å². The van der Waals surface area contributed by atoms with E-state index in [1.54, 1.807) is 0 Å². The zero-order valence-corrected chi connectivity index (χ0v) is 8.38. The molecule has 1 aliphatic rings. The summed E-state index contributed by atoms with van der Waals surface area (Å²) >= 11 is 0. The van der Waals surface area contributed by atoms with Crippen LogP contribution in [0.15, 0.2) is 0 Å². The molecule has 1 fully saturated rings. The lowest BCUT2D eigenvalue weighted by Crippen LogP contribution is -2.33. The Hall–Kier alpha value is -0.520. The number of nitrogens with one attached hydrogen (secondary N) is 1. The van der Waals surface area contributed by atoms with E-state index in [2.05, 4.69) is 18.2 Å². The molecule has 1 saturated heterocycles. The molecule has 0 spiro atoms. The molecule has 74 valence electrons. The van der Waals surface area contributed by atoms with Crippen LogP contribution in [0.1, 0.15) is 32.6 Å². The molecule has 1 aliphatic heterocycles. The van der Waals surface area contributed by atoms with Gasteiger partial charge in [0.25, 0.3) is 0 Å². The predicted octanol–water partition coefficient (Wildman–Crippen LogP) is 1.56. The molecule has 0 aromatic carbocycles. The van der Waals surface area contributed by atoms with Crippen LogP contribution < -0.4 is 5.32 Å². The van der Waals surface area contributed by atoms with E-state index < -0.39 is 0 Å². The Bertz CT molecular complexity index is 167. The Morgan fingerprint density at radius 2 is 2.46 bits per heavy atom. The first-order valence-corrected chi connectivity index (χ1v) is 5.18.